The lowest BCUT2D eigenvalue weighted by Gasteiger charge is -2.41. The Kier molecular flexibility index (Phi) is 6.70. The van der Waals surface area contributed by atoms with Crippen LogP contribution in [0.4, 0.5) is 5.69 Å². The summed E-state index contributed by atoms with van der Waals surface area (Å²) in [5.41, 5.74) is 3.49. The van der Waals surface area contributed by atoms with Crippen LogP contribution < -0.4 is 5.32 Å². The lowest BCUT2D eigenvalue weighted by molar-refractivity contribution is -0.121. The monoisotopic (exact) mass is 449 g/mol. The van der Waals surface area contributed by atoms with Gasteiger partial charge in [-0.05, 0) is 29.5 Å². The molecule has 0 aromatic heterocycles. The zero-order valence-corrected chi connectivity index (χ0v) is 19.6. The molecule has 1 atom stereocenters. The first-order chi connectivity index (χ1) is 16.7. The number of nitrogens with zero attached hydrogens (tertiary/aromatic N) is 2. The summed E-state index contributed by atoms with van der Waals surface area (Å²) in [6, 6.07) is 35.7. The number of hydrogen-bond acceptors (Lipinski definition) is 3. The van der Waals surface area contributed by atoms with Crippen LogP contribution in [-0.2, 0) is 4.79 Å². The molecule has 1 heterocycles. The number of nitrogens with one attached hydrogen (secondary N) is 1. The van der Waals surface area contributed by atoms with Gasteiger partial charge in [-0.15, -0.1) is 0 Å². The summed E-state index contributed by atoms with van der Waals surface area (Å²) in [6.45, 7) is 5.57. The van der Waals surface area contributed by atoms with E-state index in [0.29, 0.717) is 0 Å². The molecule has 1 N–H and O–H groups in total. The van der Waals surface area contributed by atoms with E-state index in [2.05, 4.69) is 94.0 Å². The van der Waals surface area contributed by atoms with Crippen molar-refractivity contribution < 1.29 is 4.79 Å². The highest BCUT2D eigenvalue weighted by Gasteiger charge is 2.30. The average Bonchev–Trinajstić information content (AvgIpc) is 2.90. The predicted octanol–water partition coefficient (Wildman–Crippen LogP) is 5.57. The average molecular weight is 450 g/mol. The molecular weight excluding hydrogens is 418 g/mol. The third-order valence-electron chi connectivity index (χ3n) is 6.92. The number of amides is 1. The molecule has 0 bridgehead atoms. The summed E-state index contributed by atoms with van der Waals surface area (Å²) in [7, 11) is 0. The molecule has 1 fully saturated rings. The molecule has 4 nitrogen and oxygen atoms in total. The van der Waals surface area contributed by atoms with Crippen molar-refractivity contribution in [3.63, 3.8) is 0 Å². The number of carbonyl (C=O) groups excluding carboxylic acids is 1. The topological polar surface area (TPSA) is 35.6 Å². The van der Waals surface area contributed by atoms with Gasteiger partial charge in [0.25, 0.3) is 0 Å². The van der Waals surface area contributed by atoms with Crippen LogP contribution in [0.25, 0.3) is 10.8 Å². The number of hydrogen-bond donors (Lipinski definition) is 1. The quantitative estimate of drug-likeness (QED) is 0.418. The van der Waals surface area contributed by atoms with Gasteiger partial charge in [0.1, 0.15) is 0 Å². The van der Waals surface area contributed by atoms with Gasteiger partial charge in [-0.2, -0.15) is 0 Å². The molecule has 1 aliphatic rings. The van der Waals surface area contributed by atoms with Crippen LogP contribution in [0.5, 0.6) is 0 Å². The largest absolute Gasteiger partial charge is 0.324 e. The number of piperazine rings is 1. The third-order valence-corrected chi connectivity index (χ3v) is 6.92. The van der Waals surface area contributed by atoms with E-state index >= 15 is 0 Å². The maximum Gasteiger partial charge on any atom is 0.241 e. The molecule has 4 heteroatoms. The molecule has 0 radical (unpaired) electrons. The second-order valence-corrected chi connectivity index (χ2v) is 8.99. The Hall–Kier alpha value is -3.47. The van der Waals surface area contributed by atoms with Crippen LogP contribution in [0.1, 0.15) is 24.1 Å². The Balaban J connectivity index is 1.27. The van der Waals surface area contributed by atoms with Gasteiger partial charge in [-0.25, -0.2) is 0 Å². The minimum Gasteiger partial charge on any atom is -0.324 e. The molecule has 0 spiro atoms. The molecular formula is C30H31N3O. The van der Waals surface area contributed by atoms with Crippen LogP contribution in [0, 0.1) is 0 Å². The van der Waals surface area contributed by atoms with Crippen molar-refractivity contribution >= 4 is 22.4 Å². The second kappa shape index (κ2) is 10.2. The van der Waals surface area contributed by atoms with E-state index in [1.807, 2.05) is 31.2 Å². The lowest BCUT2D eigenvalue weighted by Crippen LogP contribution is -2.53. The van der Waals surface area contributed by atoms with Crippen LogP contribution in [0.3, 0.4) is 0 Å². The fourth-order valence-electron chi connectivity index (χ4n) is 5.01. The van der Waals surface area contributed by atoms with E-state index in [1.54, 1.807) is 0 Å². The first-order valence-electron chi connectivity index (χ1n) is 12.1. The highest BCUT2D eigenvalue weighted by Crippen LogP contribution is 2.30. The summed E-state index contributed by atoms with van der Waals surface area (Å²) < 4.78 is 0. The number of benzene rings is 4. The number of fused-ring (bicyclic) bond motifs is 1. The molecule has 1 saturated heterocycles. The van der Waals surface area contributed by atoms with E-state index in [-0.39, 0.29) is 18.0 Å². The van der Waals surface area contributed by atoms with Gasteiger partial charge >= 0.3 is 0 Å². The van der Waals surface area contributed by atoms with Crippen LogP contribution in [-0.4, -0.2) is 47.9 Å². The van der Waals surface area contributed by atoms with Gasteiger partial charge in [-0.1, -0.05) is 97.1 Å². The summed E-state index contributed by atoms with van der Waals surface area (Å²) in [5.74, 6) is 0.0486. The fourth-order valence-corrected chi connectivity index (χ4v) is 5.01. The van der Waals surface area contributed by atoms with Crippen molar-refractivity contribution in [3.05, 3.63) is 114 Å². The maximum absolute atomic E-state index is 13.1. The number of anilines is 1. The van der Waals surface area contributed by atoms with E-state index in [4.69, 9.17) is 0 Å². The molecule has 5 rings (SSSR count). The van der Waals surface area contributed by atoms with Crippen LogP contribution in [0.2, 0.25) is 0 Å². The van der Waals surface area contributed by atoms with Crippen molar-refractivity contribution in [3.8, 4) is 0 Å². The van der Waals surface area contributed by atoms with Crippen molar-refractivity contribution in [2.24, 2.45) is 0 Å². The molecule has 4 aromatic carbocycles. The summed E-state index contributed by atoms with van der Waals surface area (Å²) in [5, 5.41) is 5.38. The Bertz CT molecular complexity index is 1190. The minimum absolute atomic E-state index is 0.0486. The van der Waals surface area contributed by atoms with Gasteiger partial charge in [0.2, 0.25) is 5.91 Å². The molecule has 0 saturated carbocycles. The van der Waals surface area contributed by atoms with Gasteiger partial charge in [0.05, 0.1) is 12.1 Å². The third kappa shape index (κ3) is 4.74. The standard InChI is InChI=1S/C30H31N3O/c1-23(30(34)31-28-18-10-16-24-11-8-9-17-27(24)28)32-19-21-33(22-20-32)29(25-12-4-2-5-13-25)26-14-6-3-7-15-26/h2-18,23,29H,19-22H2,1H3,(H,31,34)/t23-/m1/s1. The van der Waals surface area contributed by atoms with Crippen molar-refractivity contribution in [1.82, 2.24) is 9.80 Å². The smallest absolute Gasteiger partial charge is 0.241 e. The van der Waals surface area contributed by atoms with E-state index in [0.717, 1.165) is 42.6 Å². The molecule has 0 unspecified atom stereocenters. The van der Waals surface area contributed by atoms with Gasteiger partial charge in [-0.3, -0.25) is 14.6 Å². The van der Waals surface area contributed by atoms with E-state index in [1.165, 1.54) is 11.1 Å². The first kappa shape index (κ1) is 22.3. The summed E-state index contributed by atoms with van der Waals surface area (Å²) in [6.07, 6.45) is 0. The van der Waals surface area contributed by atoms with E-state index < -0.39 is 0 Å². The first-order valence-corrected chi connectivity index (χ1v) is 12.1. The zero-order chi connectivity index (χ0) is 23.3. The van der Waals surface area contributed by atoms with Crippen molar-refractivity contribution in [2.75, 3.05) is 31.5 Å². The molecule has 1 aliphatic heterocycles. The molecule has 0 aliphatic carbocycles. The SMILES string of the molecule is C[C@H](C(=O)Nc1cccc2ccccc12)N1CCN(C(c2ccccc2)c2ccccc2)CC1. The summed E-state index contributed by atoms with van der Waals surface area (Å²) >= 11 is 0. The molecule has 1 amide bonds. The molecule has 34 heavy (non-hydrogen) atoms. The Morgan fingerprint density at radius 1 is 0.676 bits per heavy atom. The molecule has 4 aromatic rings. The summed E-state index contributed by atoms with van der Waals surface area (Å²) in [4.78, 5) is 18.0. The Morgan fingerprint density at radius 2 is 1.21 bits per heavy atom. The predicted molar refractivity (Wildman–Crippen MR) is 140 cm³/mol. The van der Waals surface area contributed by atoms with E-state index in [9.17, 15) is 4.79 Å². The highest BCUT2D eigenvalue weighted by atomic mass is 16.2. The second-order valence-electron chi connectivity index (χ2n) is 8.99. The normalized spacial score (nSPS) is 15.9. The lowest BCUT2D eigenvalue weighted by atomic mass is 9.96. The van der Waals surface area contributed by atoms with Crippen molar-refractivity contribution in [2.45, 2.75) is 19.0 Å². The number of rotatable bonds is 6. The van der Waals surface area contributed by atoms with Gasteiger partial charge in [0.15, 0.2) is 0 Å². The maximum atomic E-state index is 13.1. The minimum atomic E-state index is -0.187. The zero-order valence-electron chi connectivity index (χ0n) is 19.6. The number of carbonyl (C=O) groups is 1. The van der Waals surface area contributed by atoms with Crippen molar-refractivity contribution in [1.29, 1.82) is 0 Å². The Labute approximate surface area is 201 Å². The highest BCUT2D eigenvalue weighted by molar-refractivity contribution is 6.03. The fraction of sp³-hybridized carbons (Fsp3) is 0.233. The van der Waals surface area contributed by atoms with Gasteiger partial charge < -0.3 is 5.32 Å². The van der Waals surface area contributed by atoms with Crippen LogP contribution >= 0.6 is 0 Å². The van der Waals surface area contributed by atoms with Gasteiger partial charge in [0, 0.05) is 37.3 Å². The van der Waals surface area contributed by atoms with Crippen LogP contribution in [0.15, 0.2) is 103 Å². The molecule has 172 valence electrons. The Morgan fingerprint density at radius 3 is 1.85 bits per heavy atom.